The number of hydrogen-bond donors (Lipinski definition) is 1. The molecule has 2 fully saturated rings. The van der Waals surface area contributed by atoms with Gasteiger partial charge < -0.3 is 23.8 Å². The monoisotopic (exact) mass is 1140 g/mol. The highest BCUT2D eigenvalue weighted by molar-refractivity contribution is 8.35. The Labute approximate surface area is 477 Å². The molecule has 14 nitrogen and oxygen atoms in total. The van der Waals surface area contributed by atoms with Crippen LogP contribution in [0.2, 0.25) is 0 Å². The summed E-state index contributed by atoms with van der Waals surface area (Å²) < 4.78 is 25.6. The van der Waals surface area contributed by atoms with Crippen LogP contribution in [0.4, 0.5) is 0 Å². The van der Waals surface area contributed by atoms with Gasteiger partial charge in [0.15, 0.2) is 10.1 Å². The molecule has 19 heteroatoms. The quantitative estimate of drug-likeness (QED) is 0.0319. The third-order valence-corrected chi connectivity index (χ3v) is 17.9. The van der Waals surface area contributed by atoms with Crippen molar-refractivity contribution in [3.63, 3.8) is 0 Å². The number of nitrogens with zero attached hydrogens (tertiary/aromatic N) is 4. The first-order valence-electron chi connectivity index (χ1n) is 25.1. The Morgan fingerprint density at radius 1 is 0.557 bits per heavy atom. The maximum Gasteiger partial charge on any atom is 0.334 e. The predicted octanol–water partition coefficient (Wildman–Crippen LogP) is 10.7. The number of thiol groups is 1. The van der Waals surface area contributed by atoms with Crippen LogP contribution in [0.25, 0.3) is 32.3 Å². The van der Waals surface area contributed by atoms with Crippen LogP contribution in [0.15, 0.2) is 167 Å². The molecule has 396 valence electrons. The van der Waals surface area contributed by atoms with Gasteiger partial charge in [-0.05, 0) is 107 Å². The molecule has 2 aliphatic heterocycles. The smallest absolute Gasteiger partial charge is 0.334 e. The summed E-state index contributed by atoms with van der Waals surface area (Å²) in [7, 11) is 0. The topological polar surface area (TPSA) is 171 Å². The number of carbonyl (C=O) groups is 6. The Morgan fingerprint density at radius 3 is 1.28 bits per heavy atom. The number of fused-ring (bicyclic) bond motifs is 5. The third-order valence-electron chi connectivity index (χ3n) is 13.9. The fourth-order valence-electron chi connectivity index (χ4n) is 9.91. The van der Waals surface area contributed by atoms with Crippen LogP contribution in [-0.2, 0) is 85.0 Å². The highest BCUT2D eigenvalue weighted by Crippen LogP contribution is 2.53. The van der Waals surface area contributed by atoms with Gasteiger partial charge in [0.1, 0.15) is 35.5 Å². The highest BCUT2D eigenvalue weighted by Gasteiger charge is 2.60. The summed E-state index contributed by atoms with van der Waals surface area (Å²) >= 11 is 13.6. The van der Waals surface area contributed by atoms with E-state index < -0.39 is 51.2 Å². The summed E-state index contributed by atoms with van der Waals surface area (Å²) in [6.07, 6.45) is 3.20. The van der Waals surface area contributed by atoms with Gasteiger partial charge in [0.25, 0.3) is 11.8 Å². The van der Waals surface area contributed by atoms with Gasteiger partial charge in [-0.1, -0.05) is 145 Å². The molecule has 1 aromatic heterocycles. The number of ether oxygens (including phenoxy) is 4. The lowest BCUT2D eigenvalue weighted by Gasteiger charge is -2.28. The van der Waals surface area contributed by atoms with Crippen LogP contribution in [0, 0.1) is 0 Å². The number of benzene rings is 6. The zero-order chi connectivity index (χ0) is 55.0. The Bertz CT molecular complexity index is 3680. The van der Waals surface area contributed by atoms with Crippen molar-refractivity contribution in [2.75, 3.05) is 13.1 Å². The Balaban J connectivity index is 1.11. The number of thiophene rings is 1. The minimum atomic E-state index is -2.41. The van der Waals surface area contributed by atoms with Crippen molar-refractivity contribution in [1.29, 1.82) is 0 Å². The molecule has 0 bridgehead atoms. The van der Waals surface area contributed by atoms with Crippen molar-refractivity contribution in [3.8, 4) is 0 Å². The molecule has 0 N–H and O–H groups in total. The van der Waals surface area contributed by atoms with Crippen molar-refractivity contribution in [3.05, 3.63) is 201 Å². The van der Waals surface area contributed by atoms with E-state index in [0.717, 1.165) is 23.5 Å². The maximum atomic E-state index is 15.4. The molecule has 0 spiro atoms. The second-order valence-corrected chi connectivity index (χ2v) is 23.2. The van der Waals surface area contributed by atoms with E-state index in [0.29, 0.717) is 60.1 Å². The zero-order valence-corrected chi connectivity index (χ0v) is 46.4. The lowest BCUT2D eigenvalue weighted by molar-refractivity contribution is -0.166. The molecule has 0 radical (unpaired) electrons. The average molecular weight is 1140 g/mol. The Morgan fingerprint density at radius 2 is 0.937 bits per heavy atom. The number of hydrogen-bond acceptors (Lipinski definition) is 17. The molecule has 0 saturated carbocycles. The largest absolute Gasteiger partial charge is 0.459 e. The maximum absolute atomic E-state index is 15.4. The van der Waals surface area contributed by atoms with E-state index in [1.54, 1.807) is 128 Å². The molecule has 1 atom stereocenters. The summed E-state index contributed by atoms with van der Waals surface area (Å²) in [5.41, 5.74) is -1.25. The van der Waals surface area contributed by atoms with Gasteiger partial charge in [-0.2, -0.15) is 0 Å². The zero-order valence-electron chi connectivity index (χ0n) is 42.3. The molecule has 79 heavy (non-hydrogen) atoms. The third kappa shape index (κ3) is 9.66. The van der Waals surface area contributed by atoms with E-state index >= 15 is 19.2 Å². The van der Waals surface area contributed by atoms with Crippen LogP contribution in [-0.4, -0.2) is 77.7 Å². The fraction of sp³-hybridized carbons (Fsp3) is 0.183. The molecule has 7 aromatic rings. The molecule has 6 aromatic carbocycles. The second-order valence-electron chi connectivity index (χ2n) is 18.6. The first-order valence-corrected chi connectivity index (χ1v) is 28.5. The van der Waals surface area contributed by atoms with E-state index in [2.05, 4.69) is 12.6 Å². The number of esters is 4. The molecule has 4 aliphatic rings. The molecule has 11 rings (SSSR count). The number of aliphatic imine (C=N–C) groups is 2. The van der Waals surface area contributed by atoms with Gasteiger partial charge in [0.2, 0.25) is 10.8 Å². The molecule has 1 unspecified atom stereocenters. The van der Waals surface area contributed by atoms with Crippen molar-refractivity contribution in [2.45, 2.75) is 55.8 Å². The summed E-state index contributed by atoms with van der Waals surface area (Å²) in [5, 5.41) is 1.01. The lowest BCUT2D eigenvalue weighted by atomic mass is 9.78. The lowest BCUT2D eigenvalue weighted by Crippen LogP contribution is -2.46. The standard InChI is InChI=1S/C60H46N4O10S5/c1-3-63-51(65)49(78-57(63)75)61-47-27-39-25-45-41(29-43(39)59(47,53(67)71-31-35-17-9-5-10-18-35)54(68)72-32-36-19-11-6-12-20-36)42-30-44-40(26-46(42)77-45)28-48(62-50-52(66)64(4-2)58(76)79-50)60(44,55(69)73-33-37-21-13-7-14-22-37)56(70)74-34-38-23-15-8-16-24-38/h5-30,57,75H,3-4,31-34H2,1-2H3/b61-49-,62-50-. The minimum absolute atomic E-state index is 0.0169. The summed E-state index contributed by atoms with van der Waals surface area (Å²) in [6, 6.07) is 43.0. The van der Waals surface area contributed by atoms with Crippen molar-refractivity contribution >= 4 is 142 Å². The van der Waals surface area contributed by atoms with Crippen LogP contribution < -0.4 is 0 Å². The number of thioether (sulfide) groups is 2. The van der Waals surface area contributed by atoms with Crippen LogP contribution in [0.3, 0.4) is 0 Å². The molecule has 2 aliphatic carbocycles. The summed E-state index contributed by atoms with van der Waals surface area (Å²) in [6.45, 7) is 3.32. The van der Waals surface area contributed by atoms with E-state index in [4.69, 9.17) is 41.2 Å². The van der Waals surface area contributed by atoms with Gasteiger partial charge in [0, 0.05) is 33.3 Å². The molecule has 2 amide bonds. The van der Waals surface area contributed by atoms with E-state index in [-0.39, 0.29) is 69.9 Å². The SMILES string of the molecule is CCN1C(=O)/C(=N/C2=Cc3cc4sc5cc6c(cc5c4cc3C2(C(=O)OCc2ccccc2)C(=O)OCc2ccccc2)C(C(=O)OCc2ccccc2)(C(=O)OCc2ccccc2)C(/N=C2\SC(S)N(CC)C2=O)=C6)SC1=S. The van der Waals surface area contributed by atoms with Gasteiger partial charge in [-0.25, -0.2) is 9.98 Å². The van der Waals surface area contributed by atoms with E-state index in [9.17, 15) is 9.59 Å². The Hall–Kier alpha value is -7.68. The van der Waals surface area contributed by atoms with Crippen molar-refractivity contribution < 1.29 is 47.7 Å². The fourth-order valence-corrected chi connectivity index (χ4v) is 13.9. The van der Waals surface area contributed by atoms with Crippen LogP contribution >= 0.6 is 59.7 Å². The first-order chi connectivity index (χ1) is 38.3. The van der Waals surface area contributed by atoms with Gasteiger partial charge in [-0.3, -0.25) is 33.7 Å². The van der Waals surface area contributed by atoms with E-state index in [1.807, 2.05) is 43.3 Å². The number of carbonyl (C=O) groups excluding carboxylic acids is 6. The Kier molecular flexibility index (Phi) is 15.0. The number of thiocarbonyl (C=S) groups is 1. The molecular formula is C60H46N4O10S5. The summed E-state index contributed by atoms with van der Waals surface area (Å²) in [5.74, 6) is -4.93. The van der Waals surface area contributed by atoms with Gasteiger partial charge in [0.05, 0.1) is 11.4 Å². The van der Waals surface area contributed by atoms with E-state index in [1.165, 1.54) is 21.1 Å². The van der Waals surface area contributed by atoms with Crippen molar-refractivity contribution in [1.82, 2.24) is 9.80 Å². The second kappa shape index (κ2) is 22.2. The normalized spacial score (nSPS) is 18.0. The number of amides is 2. The predicted molar refractivity (Wildman–Crippen MR) is 314 cm³/mol. The minimum Gasteiger partial charge on any atom is -0.459 e. The first kappa shape index (κ1) is 53.3. The van der Waals surface area contributed by atoms with Gasteiger partial charge >= 0.3 is 23.9 Å². The molecule has 3 heterocycles. The van der Waals surface area contributed by atoms with Crippen molar-refractivity contribution in [2.24, 2.45) is 9.98 Å². The molecular weight excluding hydrogens is 1100 g/mol. The average Bonchev–Trinajstić information content (AvgIpc) is 3.50. The van der Waals surface area contributed by atoms with Gasteiger partial charge in [-0.15, -0.1) is 24.0 Å². The van der Waals surface area contributed by atoms with Crippen LogP contribution in [0.5, 0.6) is 0 Å². The highest BCUT2D eigenvalue weighted by atomic mass is 32.2. The summed E-state index contributed by atoms with van der Waals surface area (Å²) in [4.78, 5) is 102. The van der Waals surface area contributed by atoms with Crippen LogP contribution in [0.1, 0.15) is 58.4 Å². The molecule has 2 saturated heterocycles. The number of rotatable bonds is 16.